The van der Waals surface area contributed by atoms with E-state index < -0.39 is 28.7 Å². The molecule has 0 bridgehead atoms. The van der Waals surface area contributed by atoms with E-state index in [1.807, 2.05) is 0 Å². The quantitative estimate of drug-likeness (QED) is 0.792. The van der Waals surface area contributed by atoms with Gasteiger partial charge in [-0.05, 0) is 31.0 Å². The summed E-state index contributed by atoms with van der Waals surface area (Å²) in [6.07, 6.45) is -2.82. The van der Waals surface area contributed by atoms with Crippen LogP contribution in [0.15, 0.2) is 18.2 Å². The second-order valence-electron chi connectivity index (χ2n) is 4.84. The van der Waals surface area contributed by atoms with Gasteiger partial charge in [-0.3, -0.25) is 10.1 Å². The molecule has 1 aliphatic carbocycles. The number of carbonyl (C=O) groups excluding carboxylic acids is 2. The number of amides is 3. The van der Waals surface area contributed by atoms with Crippen molar-refractivity contribution < 1.29 is 22.8 Å². The minimum absolute atomic E-state index is 0.0782. The Balaban J connectivity index is 1.88. The molecular formula is C13H13ClF3N3O2. The Morgan fingerprint density at radius 2 is 1.95 bits per heavy atom. The number of halogens is 4. The summed E-state index contributed by atoms with van der Waals surface area (Å²) in [4.78, 5) is 22.8. The van der Waals surface area contributed by atoms with E-state index in [1.54, 1.807) is 0 Å². The second kappa shape index (κ2) is 6.43. The Morgan fingerprint density at radius 1 is 1.27 bits per heavy atom. The Hall–Kier alpha value is -1.96. The third-order valence-corrected chi connectivity index (χ3v) is 3.22. The Bertz CT molecular complexity index is 588. The number of nitrogens with one attached hydrogen (secondary N) is 3. The molecule has 1 aromatic carbocycles. The van der Waals surface area contributed by atoms with Crippen molar-refractivity contribution in [2.75, 3.05) is 11.9 Å². The predicted octanol–water partition coefficient (Wildman–Crippen LogP) is 2.76. The van der Waals surface area contributed by atoms with Gasteiger partial charge in [-0.2, -0.15) is 13.2 Å². The first-order valence-corrected chi connectivity index (χ1v) is 6.84. The van der Waals surface area contributed by atoms with Crippen LogP contribution in [0.5, 0.6) is 0 Å². The smallest absolute Gasteiger partial charge is 0.376 e. The van der Waals surface area contributed by atoms with E-state index in [9.17, 15) is 22.8 Å². The van der Waals surface area contributed by atoms with E-state index in [-0.39, 0.29) is 18.3 Å². The van der Waals surface area contributed by atoms with Crippen molar-refractivity contribution in [2.45, 2.75) is 25.1 Å². The molecule has 22 heavy (non-hydrogen) atoms. The van der Waals surface area contributed by atoms with Gasteiger partial charge in [0.2, 0.25) is 5.91 Å². The molecule has 0 spiro atoms. The van der Waals surface area contributed by atoms with E-state index in [0.717, 1.165) is 25.0 Å². The standard InChI is InChI=1S/C13H13ClF3N3O2/c14-10-4-3-8(5-9(10)13(15,16)17)18-6-11(21)20-12(22)19-7-1-2-7/h3-5,7,18H,1-2,6H2,(H2,19,20,21,22). The Kier molecular flexibility index (Phi) is 4.80. The lowest BCUT2D eigenvalue weighted by Crippen LogP contribution is -2.42. The SMILES string of the molecule is O=C(CNc1ccc(Cl)c(C(F)(F)F)c1)NC(=O)NC1CC1. The van der Waals surface area contributed by atoms with E-state index in [1.165, 1.54) is 6.07 Å². The average molecular weight is 336 g/mol. The van der Waals surface area contributed by atoms with Gasteiger partial charge in [-0.25, -0.2) is 4.79 Å². The number of urea groups is 1. The van der Waals surface area contributed by atoms with Crippen molar-refractivity contribution in [3.63, 3.8) is 0 Å². The lowest BCUT2D eigenvalue weighted by atomic mass is 10.2. The van der Waals surface area contributed by atoms with Gasteiger partial charge in [-0.15, -0.1) is 0 Å². The molecule has 0 atom stereocenters. The zero-order chi connectivity index (χ0) is 16.3. The van der Waals surface area contributed by atoms with Crippen LogP contribution in [0, 0.1) is 0 Å². The number of hydrogen-bond donors (Lipinski definition) is 3. The first kappa shape index (κ1) is 16.4. The molecule has 9 heteroatoms. The fraction of sp³-hybridized carbons (Fsp3) is 0.385. The average Bonchev–Trinajstić information content (AvgIpc) is 3.20. The molecule has 0 saturated heterocycles. The fourth-order valence-electron chi connectivity index (χ4n) is 1.65. The lowest BCUT2D eigenvalue weighted by Gasteiger charge is -2.12. The molecular weight excluding hydrogens is 323 g/mol. The largest absolute Gasteiger partial charge is 0.417 e. The maximum Gasteiger partial charge on any atom is 0.417 e. The summed E-state index contributed by atoms with van der Waals surface area (Å²) in [5, 5.41) is 6.72. The number of hydrogen-bond acceptors (Lipinski definition) is 3. The van der Waals surface area contributed by atoms with Crippen LogP contribution in [0.1, 0.15) is 18.4 Å². The summed E-state index contributed by atoms with van der Waals surface area (Å²) in [6.45, 7) is -0.336. The summed E-state index contributed by atoms with van der Waals surface area (Å²) in [6, 6.07) is 2.70. The second-order valence-corrected chi connectivity index (χ2v) is 5.25. The molecule has 1 saturated carbocycles. The molecule has 0 aliphatic heterocycles. The topological polar surface area (TPSA) is 70.2 Å². The Labute approximate surface area is 129 Å². The number of alkyl halides is 3. The van der Waals surface area contributed by atoms with Crippen LogP contribution in [-0.2, 0) is 11.0 Å². The van der Waals surface area contributed by atoms with Gasteiger partial charge in [0.15, 0.2) is 0 Å². The van der Waals surface area contributed by atoms with Crippen LogP contribution in [-0.4, -0.2) is 24.5 Å². The van der Waals surface area contributed by atoms with Gasteiger partial charge in [0.1, 0.15) is 0 Å². The van der Waals surface area contributed by atoms with Crippen molar-refractivity contribution >= 4 is 29.2 Å². The van der Waals surface area contributed by atoms with Crippen LogP contribution in [0.3, 0.4) is 0 Å². The highest BCUT2D eigenvalue weighted by Crippen LogP contribution is 2.36. The molecule has 5 nitrogen and oxygen atoms in total. The lowest BCUT2D eigenvalue weighted by molar-refractivity contribution is -0.137. The Morgan fingerprint density at radius 3 is 2.55 bits per heavy atom. The highest BCUT2D eigenvalue weighted by Gasteiger charge is 2.33. The highest BCUT2D eigenvalue weighted by molar-refractivity contribution is 6.31. The van der Waals surface area contributed by atoms with Gasteiger partial charge in [0, 0.05) is 11.7 Å². The zero-order valence-electron chi connectivity index (χ0n) is 11.3. The van der Waals surface area contributed by atoms with Crippen molar-refractivity contribution in [2.24, 2.45) is 0 Å². The number of imide groups is 1. The fourth-order valence-corrected chi connectivity index (χ4v) is 1.88. The van der Waals surface area contributed by atoms with Gasteiger partial charge in [0.05, 0.1) is 17.1 Å². The minimum atomic E-state index is -4.58. The molecule has 3 amide bonds. The number of benzene rings is 1. The normalized spacial score (nSPS) is 14.4. The van der Waals surface area contributed by atoms with Crippen LogP contribution in [0.4, 0.5) is 23.7 Å². The van der Waals surface area contributed by atoms with E-state index in [0.29, 0.717) is 0 Å². The molecule has 0 aromatic heterocycles. The van der Waals surface area contributed by atoms with E-state index in [4.69, 9.17) is 11.6 Å². The molecule has 120 valence electrons. The number of rotatable bonds is 4. The summed E-state index contributed by atoms with van der Waals surface area (Å²) in [5.74, 6) is -0.651. The first-order chi connectivity index (χ1) is 10.3. The van der Waals surface area contributed by atoms with Gasteiger partial charge >= 0.3 is 12.2 Å². The van der Waals surface area contributed by atoms with Crippen molar-refractivity contribution in [3.8, 4) is 0 Å². The van der Waals surface area contributed by atoms with Crippen molar-refractivity contribution in [1.82, 2.24) is 10.6 Å². The van der Waals surface area contributed by atoms with Gasteiger partial charge in [-0.1, -0.05) is 11.6 Å². The third kappa shape index (κ3) is 4.80. The first-order valence-electron chi connectivity index (χ1n) is 6.46. The molecule has 1 aromatic rings. The molecule has 0 unspecified atom stereocenters. The molecule has 1 fully saturated rings. The molecule has 0 radical (unpaired) electrons. The van der Waals surface area contributed by atoms with Crippen LogP contribution in [0.2, 0.25) is 5.02 Å². The number of carbonyl (C=O) groups is 2. The maximum absolute atomic E-state index is 12.7. The number of anilines is 1. The van der Waals surface area contributed by atoms with Crippen molar-refractivity contribution in [3.05, 3.63) is 28.8 Å². The van der Waals surface area contributed by atoms with Crippen LogP contribution >= 0.6 is 11.6 Å². The highest BCUT2D eigenvalue weighted by atomic mass is 35.5. The summed E-state index contributed by atoms with van der Waals surface area (Å²) >= 11 is 5.49. The zero-order valence-corrected chi connectivity index (χ0v) is 12.0. The van der Waals surface area contributed by atoms with Gasteiger partial charge < -0.3 is 10.6 Å². The monoisotopic (exact) mass is 335 g/mol. The van der Waals surface area contributed by atoms with Crippen LogP contribution < -0.4 is 16.0 Å². The van der Waals surface area contributed by atoms with E-state index >= 15 is 0 Å². The van der Waals surface area contributed by atoms with Crippen LogP contribution in [0.25, 0.3) is 0 Å². The maximum atomic E-state index is 12.7. The van der Waals surface area contributed by atoms with Gasteiger partial charge in [0.25, 0.3) is 0 Å². The molecule has 0 heterocycles. The minimum Gasteiger partial charge on any atom is -0.376 e. The summed E-state index contributed by atoms with van der Waals surface area (Å²) < 4.78 is 38.0. The predicted molar refractivity (Wildman–Crippen MR) is 74.6 cm³/mol. The molecule has 1 aliphatic rings. The van der Waals surface area contributed by atoms with Crippen molar-refractivity contribution in [1.29, 1.82) is 0 Å². The summed E-state index contributed by atoms with van der Waals surface area (Å²) in [7, 11) is 0. The molecule has 3 N–H and O–H groups in total. The summed E-state index contributed by atoms with van der Waals surface area (Å²) in [5.41, 5.74) is -0.916. The third-order valence-electron chi connectivity index (χ3n) is 2.89. The van der Waals surface area contributed by atoms with E-state index in [2.05, 4.69) is 16.0 Å². The molecule has 2 rings (SSSR count).